The summed E-state index contributed by atoms with van der Waals surface area (Å²) in [6.45, 7) is 13.2. The van der Waals surface area contributed by atoms with Gasteiger partial charge in [-0.1, -0.05) is 41.5 Å². The molecule has 0 aromatic heterocycles. The van der Waals surface area contributed by atoms with Crippen LogP contribution in [0.15, 0.2) is 0 Å². The quantitative estimate of drug-likeness (QED) is 0.341. The summed E-state index contributed by atoms with van der Waals surface area (Å²) >= 11 is 1.20. The summed E-state index contributed by atoms with van der Waals surface area (Å²) in [5, 5.41) is 13.5. The number of aliphatic carboxylic acids is 1. The van der Waals surface area contributed by atoms with E-state index in [1.165, 1.54) is 11.8 Å². The first-order chi connectivity index (χ1) is 12.3. The van der Waals surface area contributed by atoms with Crippen LogP contribution in [0.3, 0.4) is 0 Å². The van der Waals surface area contributed by atoms with Gasteiger partial charge in [0.05, 0.1) is 19.6 Å². The van der Waals surface area contributed by atoms with Gasteiger partial charge >= 0.3 is 5.97 Å². The Morgan fingerprint density at radius 2 is 1.59 bits per heavy atom. The van der Waals surface area contributed by atoms with Crippen LogP contribution in [0.4, 0.5) is 0 Å². The Morgan fingerprint density at radius 1 is 0.963 bits per heavy atom. The number of carboxylic acids is 1. The monoisotopic (exact) mass is 404 g/mol. The molecule has 0 aliphatic rings. The van der Waals surface area contributed by atoms with Gasteiger partial charge < -0.3 is 20.5 Å². The SMILES string of the molecule is CC(C)(C)CCC(=O)NCCOCCC(=O)N[C@@H](SCC(C)(C)C)C(=O)O. The molecule has 0 aliphatic carbocycles. The molecule has 0 fully saturated rings. The fourth-order valence-electron chi connectivity index (χ4n) is 1.83. The molecule has 0 heterocycles. The van der Waals surface area contributed by atoms with Crippen molar-refractivity contribution in [2.45, 2.75) is 66.2 Å². The van der Waals surface area contributed by atoms with E-state index in [9.17, 15) is 19.5 Å². The van der Waals surface area contributed by atoms with Crippen molar-refractivity contribution in [1.29, 1.82) is 0 Å². The van der Waals surface area contributed by atoms with Crippen molar-refractivity contribution in [3.63, 3.8) is 0 Å². The lowest BCUT2D eigenvalue weighted by molar-refractivity contribution is -0.139. The van der Waals surface area contributed by atoms with Crippen molar-refractivity contribution < 1.29 is 24.2 Å². The average Bonchev–Trinajstić information content (AvgIpc) is 2.50. The second-order valence-corrected chi connectivity index (χ2v) is 10.0. The van der Waals surface area contributed by atoms with Crippen LogP contribution in [0.1, 0.15) is 60.8 Å². The number of carbonyl (C=O) groups is 3. The summed E-state index contributed by atoms with van der Waals surface area (Å²) in [5.41, 5.74) is 0.101. The summed E-state index contributed by atoms with van der Waals surface area (Å²) in [7, 11) is 0. The second kappa shape index (κ2) is 12.2. The number of hydrogen-bond acceptors (Lipinski definition) is 5. The van der Waals surface area contributed by atoms with Gasteiger partial charge in [-0.05, 0) is 17.3 Å². The van der Waals surface area contributed by atoms with Gasteiger partial charge in [-0.15, -0.1) is 11.8 Å². The van der Waals surface area contributed by atoms with Crippen LogP contribution in [0.5, 0.6) is 0 Å². The summed E-state index contributed by atoms with van der Waals surface area (Å²) in [6, 6.07) is 0. The number of carbonyl (C=O) groups excluding carboxylic acids is 2. The Kier molecular flexibility index (Phi) is 11.7. The highest BCUT2D eigenvalue weighted by molar-refractivity contribution is 8.00. The molecule has 0 aliphatic heterocycles. The Labute approximate surface area is 167 Å². The zero-order chi connectivity index (χ0) is 21.1. The van der Waals surface area contributed by atoms with E-state index in [2.05, 4.69) is 31.4 Å². The first kappa shape index (κ1) is 25.7. The lowest BCUT2D eigenvalue weighted by Crippen LogP contribution is -2.39. The number of hydrogen-bond donors (Lipinski definition) is 3. The molecule has 0 rings (SSSR count). The Bertz CT molecular complexity index is 483. The number of rotatable bonds is 12. The molecule has 0 spiro atoms. The van der Waals surface area contributed by atoms with Gasteiger partial charge in [0.2, 0.25) is 11.8 Å². The van der Waals surface area contributed by atoms with Crippen LogP contribution >= 0.6 is 11.8 Å². The number of carboxylic acid groups (broad SMARTS) is 1. The first-order valence-electron chi connectivity index (χ1n) is 9.28. The van der Waals surface area contributed by atoms with Crippen LogP contribution in [-0.2, 0) is 19.1 Å². The largest absolute Gasteiger partial charge is 0.479 e. The molecule has 7 nitrogen and oxygen atoms in total. The molecule has 0 radical (unpaired) electrons. The van der Waals surface area contributed by atoms with E-state index >= 15 is 0 Å². The molecule has 158 valence electrons. The highest BCUT2D eigenvalue weighted by Crippen LogP contribution is 2.23. The number of amides is 2. The lowest BCUT2D eigenvalue weighted by atomic mass is 9.90. The van der Waals surface area contributed by atoms with Crippen LogP contribution in [0.2, 0.25) is 0 Å². The van der Waals surface area contributed by atoms with E-state index < -0.39 is 11.3 Å². The Morgan fingerprint density at radius 3 is 2.11 bits per heavy atom. The van der Waals surface area contributed by atoms with Crippen LogP contribution in [0, 0.1) is 10.8 Å². The second-order valence-electron chi connectivity index (χ2n) is 8.93. The maximum absolute atomic E-state index is 11.9. The van der Waals surface area contributed by atoms with Crippen LogP contribution in [0.25, 0.3) is 0 Å². The minimum absolute atomic E-state index is 0.00792. The zero-order valence-electron chi connectivity index (χ0n) is 17.5. The molecular formula is C19H36N2O5S. The van der Waals surface area contributed by atoms with Crippen molar-refractivity contribution in [2.24, 2.45) is 10.8 Å². The van der Waals surface area contributed by atoms with E-state index in [-0.39, 0.29) is 35.7 Å². The molecule has 3 N–H and O–H groups in total. The number of ether oxygens (including phenoxy) is 1. The van der Waals surface area contributed by atoms with Gasteiger partial charge in [0, 0.05) is 18.7 Å². The average molecular weight is 405 g/mol. The van der Waals surface area contributed by atoms with E-state index in [1.807, 2.05) is 20.8 Å². The van der Waals surface area contributed by atoms with Crippen molar-refractivity contribution in [3.05, 3.63) is 0 Å². The smallest absolute Gasteiger partial charge is 0.336 e. The van der Waals surface area contributed by atoms with Gasteiger partial charge in [-0.3, -0.25) is 9.59 Å². The molecule has 0 saturated heterocycles. The normalized spacial score (nSPS) is 13.1. The minimum Gasteiger partial charge on any atom is -0.479 e. The van der Waals surface area contributed by atoms with E-state index in [0.29, 0.717) is 25.3 Å². The van der Waals surface area contributed by atoms with E-state index in [0.717, 1.165) is 6.42 Å². The third-order valence-electron chi connectivity index (χ3n) is 3.34. The topological polar surface area (TPSA) is 105 Å². The first-order valence-corrected chi connectivity index (χ1v) is 10.3. The number of thioether (sulfide) groups is 1. The summed E-state index contributed by atoms with van der Waals surface area (Å²) in [5.74, 6) is -0.809. The fourth-order valence-corrected chi connectivity index (χ4v) is 2.86. The molecule has 0 bridgehead atoms. The van der Waals surface area contributed by atoms with Gasteiger partial charge in [-0.25, -0.2) is 4.79 Å². The van der Waals surface area contributed by atoms with Crippen LogP contribution < -0.4 is 10.6 Å². The molecule has 0 unspecified atom stereocenters. The van der Waals surface area contributed by atoms with E-state index in [1.54, 1.807) is 0 Å². The molecule has 0 aromatic rings. The highest BCUT2D eigenvalue weighted by Gasteiger charge is 2.23. The molecule has 27 heavy (non-hydrogen) atoms. The Hall–Kier alpha value is -1.28. The van der Waals surface area contributed by atoms with Crippen LogP contribution in [-0.4, -0.2) is 53.8 Å². The van der Waals surface area contributed by atoms with Gasteiger partial charge in [0.1, 0.15) is 0 Å². The maximum atomic E-state index is 11.9. The molecule has 0 saturated carbocycles. The third kappa shape index (κ3) is 16.6. The number of nitrogens with one attached hydrogen (secondary N) is 2. The predicted octanol–water partition coefficient (Wildman–Crippen LogP) is 2.64. The van der Waals surface area contributed by atoms with E-state index in [4.69, 9.17) is 4.74 Å². The molecule has 0 aromatic carbocycles. The van der Waals surface area contributed by atoms with Gasteiger partial charge in [0.25, 0.3) is 0 Å². The summed E-state index contributed by atoms with van der Waals surface area (Å²) in [4.78, 5) is 34.8. The molecular weight excluding hydrogens is 368 g/mol. The summed E-state index contributed by atoms with van der Waals surface area (Å²) < 4.78 is 5.33. The van der Waals surface area contributed by atoms with Crippen molar-refractivity contribution in [2.75, 3.05) is 25.5 Å². The van der Waals surface area contributed by atoms with Crippen molar-refractivity contribution in [1.82, 2.24) is 10.6 Å². The van der Waals surface area contributed by atoms with Crippen molar-refractivity contribution >= 4 is 29.5 Å². The van der Waals surface area contributed by atoms with Gasteiger partial charge in [0.15, 0.2) is 5.37 Å². The predicted molar refractivity (Wildman–Crippen MR) is 109 cm³/mol. The van der Waals surface area contributed by atoms with Gasteiger partial charge in [-0.2, -0.15) is 0 Å². The highest BCUT2D eigenvalue weighted by atomic mass is 32.2. The summed E-state index contributed by atoms with van der Waals surface area (Å²) in [6.07, 6.45) is 1.38. The lowest BCUT2D eigenvalue weighted by Gasteiger charge is -2.21. The third-order valence-corrected chi connectivity index (χ3v) is 5.03. The molecule has 1 atom stereocenters. The van der Waals surface area contributed by atoms with Crippen molar-refractivity contribution in [3.8, 4) is 0 Å². The molecule has 8 heteroatoms. The Balaban J connectivity index is 3.89. The molecule has 2 amide bonds. The fraction of sp³-hybridized carbons (Fsp3) is 0.842. The minimum atomic E-state index is -1.06. The zero-order valence-corrected chi connectivity index (χ0v) is 18.3. The standard InChI is InChI=1S/C19H36N2O5S/c1-18(2,3)9-7-14(22)20-10-12-26-11-8-15(23)21-16(17(24)25)27-13-19(4,5)6/h16H,7-13H2,1-6H3,(H,20,22)(H,21,23)(H,24,25)/t16-/m0/s1. The maximum Gasteiger partial charge on any atom is 0.336 e.